The van der Waals surface area contributed by atoms with Gasteiger partial charge in [-0.2, -0.15) is 17.2 Å². The van der Waals surface area contributed by atoms with Crippen molar-refractivity contribution in [2.24, 2.45) is 46.3 Å². The molecular formula is C31H49F3O7S. The van der Waals surface area contributed by atoms with Crippen molar-refractivity contribution in [3.63, 3.8) is 0 Å². The van der Waals surface area contributed by atoms with Crippen LogP contribution in [-0.2, 0) is 29.2 Å². The number of hydrogen-bond acceptors (Lipinski definition) is 6. The van der Waals surface area contributed by atoms with Crippen LogP contribution in [0.4, 0.5) is 13.2 Å². The van der Waals surface area contributed by atoms with E-state index in [2.05, 4.69) is 25.5 Å². The summed E-state index contributed by atoms with van der Waals surface area (Å²) in [7, 11) is -5.98. The molecule has 4 fully saturated rings. The molecule has 4 rings (SSSR count). The zero-order chi connectivity index (χ0) is 30.9. The van der Waals surface area contributed by atoms with Crippen LogP contribution in [-0.4, -0.2) is 49.5 Å². The average molecular weight is 623 g/mol. The van der Waals surface area contributed by atoms with Crippen LogP contribution < -0.4 is 0 Å². The summed E-state index contributed by atoms with van der Waals surface area (Å²) < 4.78 is 78.8. The predicted octanol–water partition coefficient (Wildman–Crippen LogP) is 7.14. The number of rotatable bonds is 12. The van der Waals surface area contributed by atoms with Crippen LogP contribution in [0.3, 0.4) is 0 Å². The number of ether oxygens (including phenoxy) is 2. The van der Waals surface area contributed by atoms with Gasteiger partial charge in [0.25, 0.3) is 0 Å². The molecule has 1 N–H and O–H groups in total. The number of fused-ring (bicyclic) bond motifs is 5. The molecule has 242 valence electrons. The number of carbonyl (C=O) groups is 2. The molecule has 4 saturated carbocycles. The minimum absolute atomic E-state index is 0.0521. The second-order valence-electron chi connectivity index (χ2n) is 14.2. The lowest BCUT2D eigenvalue weighted by Crippen LogP contribution is -2.53. The molecule has 0 aromatic carbocycles. The highest BCUT2D eigenvalue weighted by Gasteiger charge is 2.60. The Labute approximate surface area is 248 Å². The summed E-state index contributed by atoms with van der Waals surface area (Å²) in [5, 5.41) is -5.08. The van der Waals surface area contributed by atoms with E-state index in [0.29, 0.717) is 22.7 Å². The Kier molecular flexibility index (Phi) is 10.3. The molecule has 4 aliphatic carbocycles. The lowest BCUT2D eigenvalue weighted by atomic mass is 9.44. The third-order valence-corrected chi connectivity index (χ3v) is 13.0. The van der Waals surface area contributed by atoms with E-state index in [0.717, 1.165) is 30.1 Å². The van der Waals surface area contributed by atoms with Gasteiger partial charge in [-0.3, -0.25) is 14.1 Å². The smallest absolute Gasteiger partial charge is 0.403 e. The first-order chi connectivity index (χ1) is 19.6. The van der Waals surface area contributed by atoms with E-state index in [4.69, 9.17) is 9.29 Å². The van der Waals surface area contributed by atoms with Gasteiger partial charge in [0.15, 0.2) is 0 Å². The van der Waals surface area contributed by atoms with Gasteiger partial charge >= 0.3 is 27.3 Å². The number of esters is 2. The maximum atomic E-state index is 13.4. The van der Waals surface area contributed by atoms with Crippen molar-refractivity contribution in [3.05, 3.63) is 0 Å². The van der Waals surface area contributed by atoms with Gasteiger partial charge in [-0.1, -0.05) is 33.6 Å². The van der Waals surface area contributed by atoms with Gasteiger partial charge in [-0.05, 0) is 111 Å². The monoisotopic (exact) mass is 622 g/mol. The number of hydrogen-bond donors (Lipinski definition) is 1. The lowest BCUT2D eigenvalue weighted by molar-refractivity contribution is -0.151. The van der Waals surface area contributed by atoms with Crippen LogP contribution in [0.2, 0.25) is 0 Å². The van der Waals surface area contributed by atoms with E-state index in [1.807, 2.05) is 0 Å². The third kappa shape index (κ3) is 6.66. The molecule has 7 nitrogen and oxygen atoms in total. The van der Waals surface area contributed by atoms with E-state index >= 15 is 0 Å². The number of halogens is 3. The highest BCUT2D eigenvalue weighted by molar-refractivity contribution is 7.86. The first-order valence-corrected chi connectivity index (χ1v) is 17.4. The SMILES string of the molecule is C[C@H](CCC(=O)OCCCC(=O)OCC(F)C(F)(F)S(=O)(=O)O)[C@H]1CC[C@H]2[C@@H]3CC[C@@H]4CCCC[C@]4(C)[C@H]3CC[C@]12C. The summed E-state index contributed by atoms with van der Waals surface area (Å²) in [4.78, 5) is 24.1. The molecule has 1 unspecified atom stereocenters. The molecule has 0 heterocycles. The first kappa shape index (κ1) is 33.5. The predicted molar refractivity (Wildman–Crippen MR) is 151 cm³/mol. The van der Waals surface area contributed by atoms with Gasteiger partial charge in [0, 0.05) is 12.8 Å². The molecule has 42 heavy (non-hydrogen) atoms. The van der Waals surface area contributed by atoms with Crippen LogP contribution in [0.25, 0.3) is 0 Å². The van der Waals surface area contributed by atoms with Crippen molar-refractivity contribution in [1.82, 2.24) is 0 Å². The molecule has 0 aromatic heterocycles. The van der Waals surface area contributed by atoms with Gasteiger partial charge in [0.2, 0.25) is 6.17 Å². The summed E-state index contributed by atoms with van der Waals surface area (Å²) in [6.07, 6.45) is 10.9. The fraction of sp³-hybridized carbons (Fsp3) is 0.935. The van der Waals surface area contributed by atoms with Crippen molar-refractivity contribution >= 4 is 22.1 Å². The van der Waals surface area contributed by atoms with E-state index in [1.54, 1.807) is 0 Å². The second kappa shape index (κ2) is 12.9. The van der Waals surface area contributed by atoms with Gasteiger partial charge in [0.05, 0.1) is 6.61 Å². The first-order valence-electron chi connectivity index (χ1n) is 15.9. The van der Waals surface area contributed by atoms with Gasteiger partial charge in [0.1, 0.15) is 6.61 Å². The molecule has 0 radical (unpaired) electrons. The standard InChI is InChI=1S/C31H49F3O7S/c1-20(9-14-28(36)40-18-6-8-27(35)41-19-26(32)31(33,34)42(37,38)39)23-12-13-24-22-11-10-21-7-4-5-16-29(21,2)25(22)15-17-30(23,24)3/h20-26H,4-19H2,1-3H3,(H,37,38,39)/t20-,21+,22+,23-,24+,25+,26?,29+,30-/m1/s1. The van der Waals surface area contributed by atoms with Crippen molar-refractivity contribution < 1.29 is 45.2 Å². The number of alkyl halides is 3. The van der Waals surface area contributed by atoms with Crippen molar-refractivity contribution in [1.29, 1.82) is 0 Å². The molecule has 9 atom stereocenters. The molecule has 0 bridgehead atoms. The van der Waals surface area contributed by atoms with Crippen LogP contribution in [0, 0.1) is 46.3 Å². The van der Waals surface area contributed by atoms with Gasteiger partial charge in [-0.15, -0.1) is 0 Å². The Hall–Kier alpha value is -1.36. The summed E-state index contributed by atoms with van der Waals surface area (Å²) in [6, 6.07) is 0. The summed E-state index contributed by atoms with van der Waals surface area (Å²) >= 11 is 0. The Morgan fingerprint density at radius 3 is 2.33 bits per heavy atom. The molecular weight excluding hydrogens is 573 g/mol. The molecule has 0 amide bonds. The van der Waals surface area contributed by atoms with E-state index in [9.17, 15) is 31.2 Å². The molecule has 11 heteroatoms. The van der Waals surface area contributed by atoms with Crippen LogP contribution >= 0.6 is 0 Å². The van der Waals surface area contributed by atoms with Gasteiger partial charge in [-0.25, -0.2) is 4.39 Å². The summed E-state index contributed by atoms with van der Waals surface area (Å²) in [5.74, 6) is 2.99. The maximum Gasteiger partial charge on any atom is 0.403 e. The fourth-order valence-corrected chi connectivity index (χ4v) is 10.2. The van der Waals surface area contributed by atoms with E-state index in [1.165, 1.54) is 64.2 Å². The highest BCUT2D eigenvalue weighted by Crippen LogP contribution is 2.68. The quantitative estimate of drug-likeness (QED) is 0.140. The maximum absolute atomic E-state index is 13.4. The zero-order valence-electron chi connectivity index (χ0n) is 25.3. The Morgan fingerprint density at radius 1 is 0.929 bits per heavy atom. The fourth-order valence-electron chi connectivity index (χ4n) is 9.79. The number of carbonyl (C=O) groups excluding carboxylic acids is 2. The van der Waals surface area contributed by atoms with Crippen LogP contribution in [0.15, 0.2) is 0 Å². The summed E-state index contributed by atoms with van der Waals surface area (Å²) in [5.41, 5.74) is 0.854. The third-order valence-electron chi connectivity index (χ3n) is 12.0. The molecule has 0 aliphatic heterocycles. The van der Waals surface area contributed by atoms with Crippen LogP contribution in [0.1, 0.15) is 111 Å². The lowest BCUT2D eigenvalue weighted by Gasteiger charge is -2.61. The van der Waals surface area contributed by atoms with Gasteiger partial charge < -0.3 is 9.47 Å². The van der Waals surface area contributed by atoms with Crippen molar-refractivity contribution in [2.75, 3.05) is 13.2 Å². The minimum Gasteiger partial charge on any atom is -0.466 e. The molecule has 4 aliphatic rings. The Bertz CT molecular complexity index is 1080. The topological polar surface area (TPSA) is 107 Å². The summed E-state index contributed by atoms with van der Waals surface area (Å²) in [6.45, 7) is 5.79. The minimum atomic E-state index is -5.98. The normalized spacial score (nSPS) is 36.2. The van der Waals surface area contributed by atoms with Crippen molar-refractivity contribution in [3.8, 4) is 0 Å². The second-order valence-corrected chi connectivity index (χ2v) is 15.7. The van der Waals surface area contributed by atoms with E-state index in [-0.39, 0.29) is 31.8 Å². The largest absolute Gasteiger partial charge is 0.466 e. The molecule has 0 spiro atoms. The Morgan fingerprint density at radius 2 is 1.62 bits per heavy atom. The molecule has 0 saturated heterocycles. The van der Waals surface area contributed by atoms with Crippen LogP contribution in [0.5, 0.6) is 0 Å². The zero-order valence-corrected chi connectivity index (χ0v) is 26.1. The average Bonchev–Trinajstić information content (AvgIpc) is 3.29. The van der Waals surface area contributed by atoms with E-state index < -0.39 is 34.1 Å². The Balaban J connectivity index is 1.16. The van der Waals surface area contributed by atoms with Crippen molar-refractivity contribution in [2.45, 2.75) is 122 Å². The highest BCUT2D eigenvalue weighted by atomic mass is 32.2. The molecule has 0 aromatic rings.